The molecule has 2 amide bonds. The minimum Gasteiger partial charge on any atom is -0.497 e. The number of hydrogen-bond donors (Lipinski definition) is 0. The first-order chi connectivity index (χ1) is 13.6. The topological polar surface area (TPSA) is 49.9 Å². The predicted octanol–water partition coefficient (Wildman–Crippen LogP) is 4.17. The molecule has 5 nitrogen and oxygen atoms in total. The molecule has 0 aromatic heterocycles. The zero-order valence-electron chi connectivity index (χ0n) is 15.8. The molecule has 2 fully saturated rings. The summed E-state index contributed by atoms with van der Waals surface area (Å²) in [5.41, 5.74) is 1.92. The highest BCUT2D eigenvalue weighted by Crippen LogP contribution is 2.37. The third-order valence-corrected chi connectivity index (χ3v) is 6.30. The fourth-order valence-corrected chi connectivity index (χ4v) is 4.74. The van der Waals surface area contributed by atoms with Crippen molar-refractivity contribution >= 4 is 33.4 Å². The van der Waals surface area contributed by atoms with Crippen LogP contribution in [0.2, 0.25) is 0 Å². The Morgan fingerprint density at radius 1 is 1.18 bits per heavy atom. The van der Waals surface area contributed by atoms with Crippen LogP contribution in [0.5, 0.6) is 5.75 Å². The summed E-state index contributed by atoms with van der Waals surface area (Å²) in [5, 5.41) is 0. The van der Waals surface area contributed by atoms with Gasteiger partial charge in [-0.05, 0) is 58.6 Å². The first-order valence-corrected chi connectivity index (χ1v) is 10.4. The first kappa shape index (κ1) is 19.0. The summed E-state index contributed by atoms with van der Waals surface area (Å²) in [6.45, 7) is 1.17. The maximum Gasteiger partial charge on any atom is 0.228 e. The second-order valence-electron chi connectivity index (χ2n) is 7.32. The Balaban J connectivity index is 1.52. The fraction of sp³-hybridized carbons (Fsp3) is 0.364. The van der Waals surface area contributed by atoms with Crippen molar-refractivity contribution in [2.45, 2.75) is 25.3 Å². The van der Waals surface area contributed by atoms with Gasteiger partial charge in [0.15, 0.2) is 0 Å². The van der Waals surface area contributed by atoms with Gasteiger partial charge in [-0.15, -0.1) is 0 Å². The lowest BCUT2D eigenvalue weighted by Crippen LogP contribution is -2.37. The van der Waals surface area contributed by atoms with Crippen molar-refractivity contribution in [1.29, 1.82) is 0 Å². The molecular weight excluding hydrogens is 420 g/mol. The lowest BCUT2D eigenvalue weighted by atomic mass is 10.0. The van der Waals surface area contributed by atoms with E-state index in [0.717, 1.165) is 40.9 Å². The number of halogens is 1. The van der Waals surface area contributed by atoms with E-state index in [9.17, 15) is 9.59 Å². The number of rotatable bonds is 4. The molecule has 2 aromatic rings. The van der Waals surface area contributed by atoms with Crippen molar-refractivity contribution < 1.29 is 14.3 Å². The summed E-state index contributed by atoms with van der Waals surface area (Å²) in [6, 6.07) is 15.6. The molecule has 0 bridgehead atoms. The number of hydrogen-bond acceptors (Lipinski definition) is 3. The zero-order chi connectivity index (χ0) is 19.7. The number of carbonyl (C=O) groups is 2. The van der Waals surface area contributed by atoms with Gasteiger partial charge in [-0.1, -0.05) is 24.3 Å². The SMILES string of the molecule is COc1cccc(C2CCCN2C(=O)C2CC(=O)N(c3ccccc3Br)C2)c1. The lowest BCUT2D eigenvalue weighted by Gasteiger charge is -2.28. The summed E-state index contributed by atoms with van der Waals surface area (Å²) in [4.78, 5) is 29.6. The van der Waals surface area contributed by atoms with E-state index in [-0.39, 0.29) is 30.2 Å². The van der Waals surface area contributed by atoms with E-state index < -0.39 is 0 Å². The van der Waals surface area contributed by atoms with E-state index in [0.29, 0.717) is 6.54 Å². The molecule has 2 aliphatic heterocycles. The standard InChI is InChI=1S/C22H23BrN2O3/c1-28-17-7-4-6-15(12-17)19-10-5-11-24(19)22(27)16-13-21(26)25(14-16)20-9-3-2-8-18(20)23/h2-4,6-9,12,16,19H,5,10-11,13-14H2,1H3. The van der Waals surface area contributed by atoms with Gasteiger partial charge < -0.3 is 14.5 Å². The van der Waals surface area contributed by atoms with Gasteiger partial charge in [0.2, 0.25) is 11.8 Å². The molecule has 0 saturated carbocycles. The molecule has 28 heavy (non-hydrogen) atoms. The molecule has 2 heterocycles. The maximum absolute atomic E-state index is 13.3. The number of carbonyl (C=O) groups excluding carboxylic acids is 2. The Morgan fingerprint density at radius 2 is 2.00 bits per heavy atom. The molecule has 0 aliphatic carbocycles. The van der Waals surface area contributed by atoms with E-state index in [1.165, 1.54) is 0 Å². The Morgan fingerprint density at radius 3 is 2.79 bits per heavy atom. The van der Waals surface area contributed by atoms with Gasteiger partial charge in [0.1, 0.15) is 5.75 Å². The van der Waals surface area contributed by atoms with Gasteiger partial charge in [-0.25, -0.2) is 0 Å². The van der Waals surface area contributed by atoms with Crippen LogP contribution < -0.4 is 9.64 Å². The van der Waals surface area contributed by atoms with E-state index in [2.05, 4.69) is 15.9 Å². The summed E-state index contributed by atoms with van der Waals surface area (Å²) in [6.07, 6.45) is 2.18. The number of para-hydroxylation sites is 1. The average molecular weight is 443 g/mol. The molecular formula is C22H23BrN2O3. The normalized spacial score (nSPS) is 22.0. The van der Waals surface area contributed by atoms with Crippen molar-refractivity contribution in [3.05, 3.63) is 58.6 Å². The van der Waals surface area contributed by atoms with Crippen LogP contribution in [-0.4, -0.2) is 36.9 Å². The first-order valence-electron chi connectivity index (χ1n) is 9.58. The van der Waals surface area contributed by atoms with Crippen molar-refractivity contribution in [3.63, 3.8) is 0 Å². The third-order valence-electron chi connectivity index (χ3n) is 5.63. The average Bonchev–Trinajstić information content (AvgIpc) is 3.35. The van der Waals surface area contributed by atoms with Crippen LogP contribution in [-0.2, 0) is 9.59 Å². The molecule has 2 aliphatic rings. The predicted molar refractivity (Wildman–Crippen MR) is 111 cm³/mol. The van der Waals surface area contributed by atoms with Gasteiger partial charge in [-0.3, -0.25) is 9.59 Å². The molecule has 4 rings (SSSR count). The second kappa shape index (κ2) is 7.95. The largest absolute Gasteiger partial charge is 0.497 e. The van der Waals surface area contributed by atoms with Crippen LogP contribution >= 0.6 is 15.9 Å². The summed E-state index contributed by atoms with van der Waals surface area (Å²) in [5.74, 6) is 0.578. The van der Waals surface area contributed by atoms with Crippen LogP contribution in [0, 0.1) is 5.92 Å². The van der Waals surface area contributed by atoms with Gasteiger partial charge in [0.05, 0.1) is 24.8 Å². The van der Waals surface area contributed by atoms with Gasteiger partial charge in [0, 0.05) is 24.0 Å². The Kier molecular flexibility index (Phi) is 5.40. The molecule has 2 unspecified atom stereocenters. The number of nitrogens with zero attached hydrogens (tertiary/aromatic N) is 2. The van der Waals surface area contributed by atoms with Crippen LogP contribution in [0.25, 0.3) is 0 Å². The number of likely N-dealkylation sites (tertiary alicyclic amines) is 1. The summed E-state index contributed by atoms with van der Waals surface area (Å²) >= 11 is 3.51. The van der Waals surface area contributed by atoms with Crippen LogP contribution in [0.4, 0.5) is 5.69 Å². The van der Waals surface area contributed by atoms with E-state index in [4.69, 9.17) is 4.74 Å². The summed E-state index contributed by atoms with van der Waals surface area (Å²) in [7, 11) is 1.65. The highest BCUT2D eigenvalue weighted by Gasteiger charge is 2.41. The maximum atomic E-state index is 13.3. The number of anilines is 1. The quantitative estimate of drug-likeness (QED) is 0.713. The Hall–Kier alpha value is -2.34. The van der Waals surface area contributed by atoms with Crippen molar-refractivity contribution in [3.8, 4) is 5.75 Å². The Bertz CT molecular complexity index is 901. The molecule has 0 radical (unpaired) electrons. The Labute approximate surface area is 173 Å². The zero-order valence-corrected chi connectivity index (χ0v) is 17.4. The van der Waals surface area contributed by atoms with E-state index in [1.807, 2.05) is 53.4 Å². The molecule has 0 N–H and O–H groups in total. The fourth-order valence-electron chi connectivity index (χ4n) is 4.24. The molecule has 0 spiro atoms. The monoisotopic (exact) mass is 442 g/mol. The number of ether oxygens (including phenoxy) is 1. The van der Waals surface area contributed by atoms with Crippen molar-refractivity contribution in [2.75, 3.05) is 25.1 Å². The molecule has 6 heteroatoms. The van der Waals surface area contributed by atoms with Gasteiger partial charge in [-0.2, -0.15) is 0 Å². The van der Waals surface area contributed by atoms with Gasteiger partial charge >= 0.3 is 0 Å². The van der Waals surface area contributed by atoms with Crippen molar-refractivity contribution in [2.24, 2.45) is 5.92 Å². The van der Waals surface area contributed by atoms with Crippen LogP contribution in [0.1, 0.15) is 30.9 Å². The van der Waals surface area contributed by atoms with Crippen molar-refractivity contribution in [1.82, 2.24) is 4.90 Å². The van der Waals surface area contributed by atoms with Crippen LogP contribution in [0.15, 0.2) is 53.0 Å². The molecule has 2 aromatic carbocycles. The van der Waals surface area contributed by atoms with E-state index in [1.54, 1.807) is 12.0 Å². The molecule has 2 saturated heterocycles. The van der Waals surface area contributed by atoms with Crippen LogP contribution in [0.3, 0.4) is 0 Å². The van der Waals surface area contributed by atoms with E-state index >= 15 is 0 Å². The molecule has 2 atom stereocenters. The lowest BCUT2D eigenvalue weighted by molar-refractivity contribution is -0.136. The number of methoxy groups -OCH3 is 1. The third kappa shape index (κ3) is 3.53. The minimum atomic E-state index is -0.300. The highest BCUT2D eigenvalue weighted by atomic mass is 79.9. The molecule has 146 valence electrons. The summed E-state index contributed by atoms with van der Waals surface area (Å²) < 4.78 is 6.21. The second-order valence-corrected chi connectivity index (χ2v) is 8.18. The highest BCUT2D eigenvalue weighted by molar-refractivity contribution is 9.10. The van der Waals surface area contributed by atoms with Gasteiger partial charge in [0.25, 0.3) is 0 Å². The smallest absolute Gasteiger partial charge is 0.228 e. The number of amides is 2. The minimum absolute atomic E-state index is 0.00220. The number of benzene rings is 2.